The Bertz CT molecular complexity index is 437. The second kappa shape index (κ2) is 4.72. The topological polar surface area (TPSA) is 49.5 Å². The van der Waals surface area contributed by atoms with Crippen LogP contribution in [-0.4, -0.2) is 23.3 Å². The highest BCUT2D eigenvalue weighted by Crippen LogP contribution is 2.42. The van der Waals surface area contributed by atoms with E-state index in [1.165, 1.54) is 0 Å². The monoisotopic (exact) mass is 266 g/mol. The van der Waals surface area contributed by atoms with E-state index in [2.05, 4.69) is 11.0 Å². The zero-order valence-corrected chi connectivity index (χ0v) is 11.1. The molecule has 0 aliphatic carbocycles. The molecule has 2 fully saturated rings. The highest BCUT2D eigenvalue weighted by molar-refractivity contribution is 6.33. The van der Waals surface area contributed by atoms with Gasteiger partial charge >= 0.3 is 0 Å². The summed E-state index contributed by atoms with van der Waals surface area (Å²) in [4.78, 5) is 2.41. The molecule has 3 N–H and O–H groups in total. The third-order valence-corrected chi connectivity index (χ3v) is 4.54. The summed E-state index contributed by atoms with van der Waals surface area (Å²) in [5.74, 6) is 0. The summed E-state index contributed by atoms with van der Waals surface area (Å²) in [6, 6.07) is 6.97. The zero-order chi connectivity index (χ0) is 12.7. The molecule has 2 unspecified atom stereocenters. The first-order valence-electron chi connectivity index (χ1n) is 6.64. The fraction of sp³-hybridized carbons (Fsp3) is 0.571. The molecule has 3 nitrogen and oxygen atoms in total. The Balaban J connectivity index is 1.91. The molecule has 0 spiro atoms. The summed E-state index contributed by atoms with van der Waals surface area (Å²) in [7, 11) is 0. The molecule has 2 heterocycles. The molecule has 1 aromatic carbocycles. The van der Waals surface area contributed by atoms with Crippen molar-refractivity contribution in [2.45, 2.75) is 50.4 Å². The number of nitrogens with zero attached hydrogens (tertiary/aromatic N) is 1. The van der Waals surface area contributed by atoms with Crippen molar-refractivity contribution in [3.63, 3.8) is 0 Å². The van der Waals surface area contributed by atoms with Gasteiger partial charge in [-0.2, -0.15) is 0 Å². The van der Waals surface area contributed by atoms with Crippen LogP contribution in [0.2, 0.25) is 5.02 Å². The van der Waals surface area contributed by atoms with E-state index in [-0.39, 0.29) is 6.10 Å². The summed E-state index contributed by atoms with van der Waals surface area (Å²) >= 11 is 6.38. The molecular weight excluding hydrogens is 248 g/mol. The van der Waals surface area contributed by atoms with E-state index in [4.69, 9.17) is 17.3 Å². The number of hydrogen-bond acceptors (Lipinski definition) is 3. The number of anilines is 1. The highest BCUT2D eigenvalue weighted by atomic mass is 35.5. The minimum Gasteiger partial charge on any atom is -0.393 e. The molecule has 18 heavy (non-hydrogen) atoms. The molecule has 98 valence electrons. The number of aliphatic hydroxyl groups is 1. The van der Waals surface area contributed by atoms with Crippen LogP contribution in [-0.2, 0) is 6.54 Å². The maximum atomic E-state index is 9.83. The van der Waals surface area contributed by atoms with Crippen LogP contribution in [0.25, 0.3) is 0 Å². The molecule has 0 saturated carbocycles. The highest BCUT2D eigenvalue weighted by Gasteiger charge is 2.40. The number of halogens is 1. The van der Waals surface area contributed by atoms with Gasteiger partial charge in [0.25, 0.3) is 0 Å². The molecule has 2 aliphatic heterocycles. The van der Waals surface area contributed by atoms with Crippen molar-refractivity contribution in [1.29, 1.82) is 0 Å². The minimum absolute atomic E-state index is 0.138. The molecule has 0 radical (unpaired) electrons. The Kier molecular flexibility index (Phi) is 3.22. The average molecular weight is 267 g/mol. The van der Waals surface area contributed by atoms with Gasteiger partial charge in [-0.15, -0.1) is 0 Å². The van der Waals surface area contributed by atoms with Crippen LogP contribution in [0.15, 0.2) is 18.2 Å². The van der Waals surface area contributed by atoms with Crippen LogP contribution in [0.5, 0.6) is 0 Å². The first-order chi connectivity index (χ1) is 8.69. The van der Waals surface area contributed by atoms with Gasteiger partial charge in [-0.25, -0.2) is 0 Å². The van der Waals surface area contributed by atoms with Crippen molar-refractivity contribution in [1.82, 2.24) is 0 Å². The van der Waals surface area contributed by atoms with Gasteiger partial charge in [0.2, 0.25) is 0 Å². The first-order valence-corrected chi connectivity index (χ1v) is 7.01. The standard InChI is InChI=1S/C14H19ClN2O/c15-13-5-9(8-16)1-4-14(13)17-10-2-3-11(17)7-12(18)6-10/h1,4-5,10-12,18H,2-3,6-8,16H2. The van der Waals surface area contributed by atoms with Gasteiger partial charge in [0.05, 0.1) is 16.8 Å². The van der Waals surface area contributed by atoms with Gasteiger partial charge in [-0.05, 0) is 43.4 Å². The Morgan fingerprint density at radius 1 is 1.28 bits per heavy atom. The van der Waals surface area contributed by atoms with Crippen molar-refractivity contribution < 1.29 is 5.11 Å². The van der Waals surface area contributed by atoms with Crippen molar-refractivity contribution in [2.24, 2.45) is 5.73 Å². The van der Waals surface area contributed by atoms with Gasteiger partial charge < -0.3 is 15.7 Å². The predicted molar refractivity (Wildman–Crippen MR) is 73.9 cm³/mol. The number of piperidine rings is 1. The van der Waals surface area contributed by atoms with E-state index in [0.717, 1.165) is 42.0 Å². The third-order valence-electron chi connectivity index (χ3n) is 4.23. The smallest absolute Gasteiger partial charge is 0.0642 e. The molecule has 0 amide bonds. The van der Waals surface area contributed by atoms with E-state index in [9.17, 15) is 5.11 Å². The second-order valence-electron chi connectivity index (χ2n) is 5.41. The summed E-state index contributed by atoms with van der Waals surface area (Å²) in [5.41, 5.74) is 7.80. The first kappa shape index (κ1) is 12.3. The fourth-order valence-electron chi connectivity index (χ4n) is 3.43. The number of nitrogens with two attached hydrogens (primary N) is 1. The predicted octanol–water partition coefficient (Wildman–Crippen LogP) is 2.29. The lowest BCUT2D eigenvalue weighted by molar-refractivity contribution is 0.126. The van der Waals surface area contributed by atoms with Gasteiger partial charge in [0, 0.05) is 18.6 Å². The zero-order valence-electron chi connectivity index (χ0n) is 10.3. The van der Waals surface area contributed by atoms with Gasteiger partial charge in [-0.1, -0.05) is 17.7 Å². The van der Waals surface area contributed by atoms with Crippen molar-refractivity contribution >= 4 is 17.3 Å². The van der Waals surface area contributed by atoms with Crippen LogP contribution in [0.4, 0.5) is 5.69 Å². The van der Waals surface area contributed by atoms with Crippen LogP contribution < -0.4 is 10.6 Å². The maximum absolute atomic E-state index is 9.83. The van der Waals surface area contributed by atoms with E-state index >= 15 is 0 Å². The fourth-order valence-corrected chi connectivity index (χ4v) is 3.73. The van der Waals surface area contributed by atoms with Crippen LogP contribution in [0.3, 0.4) is 0 Å². The maximum Gasteiger partial charge on any atom is 0.0642 e. The summed E-state index contributed by atoms with van der Waals surface area (Å²) in [6.45, 7) is 0.519. The van der Waals surface area contributed by atoms with Gasteiger partial charge in [-0.3, -0.25) is 0 Å². The molecule has 2 aliphatic rings. The van der Waals surface area contributed by atoms with Crippen molar-refractivity contribution in [2.75, 3.05) is 4.90 Å². The molecule has 4 heteroatoms. The second-order valence-corrected chi connectivity index (χ2v) is 5.81. The van der Waals surface area contributed by atoms with Crippen LogP contribution >= 0.6 is 11.6 Å². The molecule has 0 aromatic heterocycles. The summed E-state index contributed by atoms with van der Waals surface area (Å²) in [6.07, 6.45) is 3.92. The van der Waals surface area contributed by atoms with Crippen LogP contribution in [0, 0.1) is 0 Å². The Hall–Kier alpha value is -0.770. The normalized spacial score (nSPS) is 30.8. The van der Waals surface area contributed by atoms with E-state index < -0.39 is 0 Å². The molecule has 1 aromatic rings. The molecule has 3 rings (SSSR count). The van der Waals surface area contributed by atoms with Gasteiger partial charge in [0.1, 0.15) is 0 Å². The number of fused-ring (bicyclic) bond motifs is 2. The van der Waals surface area contributed by atoms with Crippen LogP contribution in [0.1, 0.15) is 31.2 Å². The lowest BCUT2D eigenvalue weighted by Gasteiger charge is -2.39. The van der Waals surface area contributed by atoms with E-state index in [1.54, 1.807) is 0 Å². The Morgan fingerprint density at radius 2 is 1.94 bits per heavy atom. The third kappa shape index (κ3) is 2.00. The van der Waals surface area contributed by atoms with Crippen molar-refractivity contribution in [3.05, 3.63) is 28.8 Å². The minimum atomic E-state index is -0.138. The Labute approximate surface area is 113 Å². The summed E-state index contributed by atoms with van der Waals surface area (Å²) < 4.78 is 0. The molecule has 2 atom stereocenters. The van der Waals surface area contributed by atoms with Crippen molar-refractivity contribution in [3.8, 4) is 0 Å². The number of rotatable bonds is 2. The molecule has 2 saturated heterocycles. The quantitative estimate of drug-likeness (QED) is 0.864. The lowest BCUT2D eigenvalue weighted by Crippen LogP contribution is -2.44. The number of aliphatic hydroxyl groups excluding tert-OH is 1. The van der Waals surface area contributed by atoms with Gasteiger partial charge in [0.15, 0.2) is 0 Å². The van der Waals surface area contributed by atoms with E-state index in [0.29, 0.717) is 18.6 Å². The Morgan fingerprint density at radius 3 is 2.50 bits per heavy atom. The average Bonchev–Trinajstić information content (AvgIpc) is 2.61. The van der Waals surface area contributed by atoms with E-state index in [1.807, 2.05) is 12.1 Å². The number of benzene rings is 1. The summed E-state index contributed by atoms with van der Waals surface area (Å²) in [5, 5.41) is 10.6. The molecular formula is C14H19ClN2O. The SMILES string of the molecule is NCc1ccc(N2C3CCC2CC(O)C3)c(Cl)c1. The lowest BCUT2D eigenvalue weighted by atomic mass is 9.99. The number of hydrogen-bond donors (Lipinski definition) is 2. The largest absolute Gasteiger partial charge is 0.393 e. The molecule has 2 bridgehead atoms.